The molecule has 4 heterocycles. The molecule has 1 aliphatic heterocycles. The summed E-state index contributed by atoms with van der Waals surface area (Å²) in [5.74, 6) is 0.686. The van der Waals surface area contributed by atoms with Crippen LogP contribution in [0.1, 0.15) is 31.4 Å². The minimum Gasteiger partial charge on any atom is -0.389 e. The van der Waals surface area contributed by atoms with Crippen LogP contribution in [0.15, 0.2) is 47.3 Å². The molecule has 4 atom stereocenters. The van der Waals surface area contributed by atoms with Crippen molar-refractivity contribution < 1.29 is 14.7 Å². The second kappa shape index (κ2) is 8.52. The van der Waals surface area contributed by atoms with Crippen molar-refractivity contribution in [2.24, 2.45) is 5.92 Å². The van der Waals surface area contributed by atoms with Crippen LogP contribution >= 0.6 is 15.9 Å². The molecule has 6 rings (SSSR count). The third-order valence-electron chi connectivity index (χ3n) is 7.13. The first-order valence-corrected chi connectivity index (χ1v) is 12.6. The number of aliphatic hydroxyl groups excluding tert-OH is 1. The first-order valence-electron chi connectivity index (χ1n) is 11.8. The zero-order chi connectivity index (χ0) is 25.1. The fraction of sp³-hybridized carbons (Fsp3) is 0.320. The van der Waals surface area contributed by atoms with Crippen molar-refractivity contribution in [3.8, 4) is 0 Å². The number of likely N-dealkylation sites (tertiary alicyclic amines) is 1. The van der Waals surface area contributed by atoms with E-state index in [-0.39, 0.29) is 24.4 Å². The molecule has 1 aliphatic carbocycles. The molecule has 11 heteroatoms. The van der Waals surface area contributed by atoms with Gasteiger partial charge in [0.25, 0.3) is 0 Å². The third-order valence-corrected chi connectivity index (χ3v) is 7.57. The number of carbonyl (C=O) groups is 2. The molecule has 1 aromatic carbocycles. The summed E-state index contributed by atoms with van der Waals surface area (Å²) in [6, 6.07) is 10.3. The van der Waals surface area contributed by atoms with Gasteiger partial charge in [0.1, 0.15) is 40.8 Å². The molecule has 10 nitrogen and oxygen atoms in total. The van der Waals surface area contributed by atoms with Gasteiger partial charge in [0, 0.05) is 11.4 Å². The number of hydrogen-bond acceptors (Lipinski definition) is 7. The van der Waals surface area contributed by atoms with E-state index in [2.05, 4.69) is 36.2 Å². The van der Waals surface area contributed by atoms with Gasteiger partial charge in [-0.05, 0) is 71.4 Å². The van der Waals surface area contributed by atoms with Gasteiger partial charge < -0.3 is 25.6 Å². The Labute approximate surface area is 214 Å². The number of aliphatic hydroxyl groups is 1. The minimum absolute atomic E-state index is 0.00656. The van der Waals surface area contributed by atoms with Crippen molar-refractivity contribution in [1.82, 2.24) is 24.4 Å². The van der Waals surface area contributed by atoms with Gasteiger partial charge in [-0.15, -0.1) is 0 Å². The zero-order valence-electron chi connectivity index (χ0n) is 19.4. The third kappa shape index (κ3) is 3.79. The molecule has 0 spiro atoms. The van der Waals surface area contributed by atoms with E-state index < -0.39 is 12.1 Å². The maximum absolute atomic E-state index is 13.7. The lowest BCUT2D eigenvalue weighted by Gasteiger charge is -2.27. The van der Waals surface area contributed by atoms with E-state index in [1.807, 2.05) is 22.8 Å². The molecule has 1 saturated carbocycles. The summed E-state index contributed by atoms with van der Waals surface area (Å²) in [4.78, 5) is 41.4. The summed E-state index contributed by atoms with van der Waals surface area (Å²) in [6.07, 6.45) is 2.26. The lowest BCUT2D eigenvalue weighted by Crippen LogP contribution is -2.46. The summed E-state index contributed by atoms with van der Waals surface area (Å²) in [5.41, 5.74) is 8.24. The van der Waals surface area contributed by atoms with E-state index in [1.165, 1.54) is 6.33 Å². The molecule has 2 aliphatic rings. The Hall–Kier alpha value is -3.57. The number of benzene rings is 1. The van der Waals surface area contributed by atoms with Crippen LogP contribution in [-0.2, 0) is 16.1 Å². The highest BCUT2D eigenvalue weighted by Gasteiger charge is 2.56. The first-order chi connectivity index (χ1) is 17.3. The Kier molecular flexibility index (Phi) is 5.41. The maximum Gasteiger partial charge on any atom is 0.248 e. The number of piperidine rings is 1. The van der Waals surface area contributed by atoms with Gasteiger partial charge in [0.05, 0.1) is 17.0 Å². The molecule has 2 amide bonds. The van der Waals surface area contributed by atoms with Crippen molar-refractivity contribution in [3.63, 3.8) is 0 Å². The normalized spacial score (nSPS) is 21.5. The van der Waals surface area contributed by atoms with Crippen molar-refractivity contribution in [3.05, 3.63) is 52.9 Å². The number of hydrogen-bond donors (Lipinski definition) is 3. The Morgan fingerprint density at radius 1 is 1.25 bits per heavy atom. The number of carbonyl (C=O) groups excluding carboxylic acids is 2. The van der Waals surface area contributed by atoms with E-state index >= 15 is 0 Å². The highest BCUT2D eigenvalue weighted by molar-refractivity contribution is 9.10. The number of nitrogens with two attached hydrogens (primary N) is 1. The van der Waals surface area contributed by atoms with Gasteiger partial charge in [0.2, 0.25) is 11.8 Å². The first kappa shape index (κ1) is 22.9. The number of halogens is 1. The summed E-state index contributed by atoms with van der Waals surface area (Å²) < 4.78 is 2.44. The van der Waals surface area contributed by atoms with Gasteiger partial charge in [-0.1, -0.05) is 12.1 Å². The average molecular weight is 550 g/mol. The van der Waals surface area contributed by atoms with E-state index in [0.29, 0.717) is 39.6 Å². The standard InChI is InChI=1S/C25H24BrN7O3/c1-12(34)13-5-6-16-15(7-13)22-23(27)28-11-29-24(22)32(16)10-21(35)33-17-8-14(17)9-18(33)25(36)31-20-4-2-3-19(26)30-20/h2-7,11-12,14,17-18,34H,8-10H2,1H3,(H2,27,28,29)(H,30,31,36)/t12?,14-,17-,18+/m1/s1. The molecule has 3 aromatic heterocycles. The van der Waals surface area contributed by atoms with Gasteiger partial charge in [-0.2, -0.15) is 0 Å². The summed E-state index contributed by atoms with van der Waals surface area (Å²) in [6.45, 7) is 1.70. The molecular formula is C25H24BrN7O3. The topological polar surface area (TPSA) is 139 Å². The summed E-state index contributed by atoms with van der Waals surface area (Å²) >= 11 is 3.31. The van der Waals surface area contributed by atoms with Crippen LogP contribution in [0.3, 0.4) is 0 Å². The zero-order valence-corrected chi connectivity index (χ0v) is 21.0. The van der Waals surface area contributed by atoms with Crippen LogP contribution in [0.4, 0.5) is 11.6 Å². The number of aromatic nitrogens is 4. The second-order valence-corrected chi connectivity index (χ2v) is 10.3. The highest BCUT2D eigenvalue weighted by Crippen LogP contribution is 2.48. The molecule has 184 valence electrons. The lowest BCUT2D eigenvalue weighted by atomic mass is 10.1. The average Bonchev–Trinajstić information content (AvgIpc) is 3.39. The van der Waals surface area contributed by atoms with Gasteiger partial charge in [-0.3, -0.25) is 9.59 Å². The van der Waals surface area contributed by atoms with E-state index in [1.54, 1.807) is 30.0 Å². The quantitative estimate of drug-likeness (QED) is 0.325. The van der Waals surface area contributed by atoms with Crippen LogP contribution in [0.25, 0.3) is 21.9 Å². The van der Waals surface area contributed by atoms with E-state index in [4.69, 9.17) is 5.73 Å². The largest absolute Gasteiger partial charge is 0.389 e. The smallest absolute Gasteiger partial charge is 0.248 e. The molecule has 0 bridgehead atoms. The molecule has 36 heavy (non-hydrogen) atoms. The van der Waals surface area contributed by atoms with Crippen LogP contribution in [-0.4, -0.2) is 53.4 Å². The van der Waals surface area contributed by atoms with Crippen molar-refractivity contribution >= 4 is 61.3 Å². The molecule has 1 unspecified atom stereocenters. The number of anilines is 2. The number of rotatable bonds is 5. The molecule has 2 fully saturated rings. The van der Waals surface area contributed by atoms with Crippen LogP contribution in [0.2, 0.25) is 0 Å². The fourth-order valence-electron chi connectivity index (χ4n) is 5.33. The van der Waals surface area contributed by atoms with Crippen LogP contribution < -0.4 is 11.1 Å². The lowest BCUT2D eigenvalue weighted by molar-refractivity contribution is -0.138. The van der Waals surface area contributed by atoms with Crippen LogP contribution in [0.5, 0.6) is 0 Å². The second-order valence-electron chi connectivity index (χ2n) is 9.45. The van der Waals surface area contributed by atoms with Gasteiger partial charge in [0.15, 0.2) is 0 Å². The summed E-state index contributed by atoms with van der Waals surface area (Å²) in [7, 11) is 0. The molecule has 1 saturated heterocycles. The van der Waals surface area contributed by atoms with Crippen molar-refractivity contribution in [2.75, 3.05) is 11.1 Å². The highest BCUT2D eigenvalue weighted by atomic mass is 79.9. The van der Waals surface area contributed by atoms with Crippen molar-refractivity contribution in [1.29, 1.82) is 0 Å². The van der Waals surface area contributed by atoms with Crippen molar-refractivity contribution in [2.45, 2.75) is 44.5 Å². The van der Waals surface area contributed by atoms with Gasteiger partial charge in [-0.25, -0.2) is 15.0 Å². The van der Waals surface area contributed by atoms with Gasteiger partial charge >= 0.3 is 0 Å². The monoisotopic (exact) mass is 549 g/mol. The molecule has 0 radical (unpaired) electrons. The van der Waals surface area contributed by atoms with E-state index in [9.17, 15) is 14.7 Å². The number of nitrogens with zero attached hydrogens (tertiary/aromatic N) is 5. The predicted molar refractivity (Wildman–Crippen MR) is 138 cm³/mol. The maximum atomic E-state index is 13.7. The predicted octanol–water partition coefficient (Wildman–Crippen LogP) is 3.01. The van der Waals surface area contributed by atoms with Crippen LogP contribution in [0, 0.1) is 5.92 Å². The fourth-order valence-corrected chi connectivity index (χ4v) is 5.67. The Balaban J connectivity index is 1.33. The molecular weight excluding hydrogens is 526 g/mol. The Morgan fingerprint density at radius 3 is 2.86 bits per heavy atom. The Bertz CT molecular complexity index is 1540. The minimum atomic E-state index is -0.657. The SMILES string of the molecule is CC(O)c1ccc2c(c1)c1c(N)ncnc1n2CC(=O)N1[C@@H]2C[C@@H]2C[C@H]1C(=O)Nc1cccc(Br)n1. The Morgan fingerprint density at radius 2 is 2.08 bits per heavy atom. The number of nitrogens with one attached hydrogen (secondary N) is 1. The number of nitrogen functional groups attached to an aromatic ring is 1. The number of amides is 2. The summed E-state index contributed by atoms with van der Waals surface area (Å²) in [5, 5.41) is 14.3. The van der Waals surface area contributed by atoms with E-state index in [0.717, 1.165) is 22.9 Å². The number of fused-ring (bicyclic) bond motifs is 4. The molecule has 4 aromatic rings. The molecule has 4 N–H and O–H groups in total. The number of pyridine rings is 1.